The lowest BCUT2D eigenvalue weighted by molar-refractivity contribution is 0.0949. The van der Waals surface area contributed by atoms with E-state index in [0.29, 0.717) is 38.2 Å². The molecule has 0 aliphatic carbocycles. The van der Waals surface area contributed by atoms with E-state index >= 15 is 0 Å². The smallest absolute Gasteiger partial charge is 0.251 e. The molecule has 1 amide bonds. The normalized spacial score (nSPS) is 25.0. The number of halogens is 1. The Balaban J connectivity index is 1.67. The summed E-state index contributed by atoms with van der Waals surface area (Å²) in [5.74, 6) is 1.21. The Morgan fingerprint density at radius 1 is 1.36 bits per heavy atom. The summed E-state index contributed by atoms with van der Waals surface area (Å²) >= 11 is 1.73. The predicted molar refractivity (Wildman–Crippen MR) is 96.2 cm³/mol. The number of benzene rings is 1. The van der Waals surface area contributed by atoms with Gasteiger partial charge in [-0.25, -0.2) is 12.8 Å². The zero-order valence-corrected chi connectivity index (χ0v) is 15.4. The molecule has 25 heavy (non-hydrogen) atoms. The summed E-state index contributed by atoms with van der Waals surface area (Å²) in [5.41, 5.74) is 0.294. The zero-order chi connectivity index (χ0) is 17.9. The van der Waals surface area contributed by atoms with E-state index in [2.05, 4.69) is 10.6 Å². The molecule has 2 saturated heterocycles. The van der Waals surface area contributed by atoms with Crippen molar-refractivity contribution < 1.29 is 17.6 Å². The second kappa shape index (κ2) is 8.03. The van der Waals surface area contributed by atoms with Crippen LogP contribution < -0.4 is 10.6 Å². The Kier molecular flexibility index (Phi) is 5.98. The fourth-order valence-corrected chi connectivity index (χ4v) is 5.60. The van der Waals surface area contributed by atoms with Crippen LogP contribution in [-0.4, -0.2) is 68.5 Å². The van der Waals surface area contributed by atoms with Crippen LogP contribution >= 0.6 is 11.8 Å². The van der Waals surface area contributed by atoms with Gasteiger partial charge in [-0.1, -0.05) is 6.07 Å². The molecule has 1 aromatic carbocycles. The molecule has 1 aromatic rings. The van der Waals surface area contributed by atoms with Crippen LogP contribution in [0.15, 0.2) is 29.2 Å². The zero-order valence-electron chi connectivity index (χ0n) is 13.8. The molecule has 0 radical (unpaired) electrons. The summed E-state index contributed by atoms with van der Waals surface area (Å²) in [6.07, 6.45) is -0.500. The van der Waals surface area contributed by atoms with Crippen LogP contribution in [0.3, 0.4) is 0 Å². The summed E-state index contributed by atoms with van der Waals surface area (Å²) < 4.78 is 40.0. The minimum atomic E-state index is -3.58. The highest BCUT2D eigenvalue weighted by Gasteiger charge is 2.27. The highest BCUT2D eigenvalue weighted by atomic mass is 32.2. The van der Waals surface area contributed by atoms with Gasteiger partial charge < -0.3 is 10.6 Å². The van der Waals surface area contributed by atoms with Gasteiger partial charge in [0.1, 0.15) is 6.17 Å². The fraction of sp³-hybridized carbons (Fsp3) is 0.562. The van der Waals surface area contributed by atoms with Gasteiger partial charge in [0.15, 0.2) is 0 Å². The standard InChI is InChI=1S/C16H22FN3O3S2/c17-13-9-14(18-10-13)11-19-16(21)12-2-1-3-15(8-12)25(22,23)20-4-6-24-7-5-20/h1-3,8,13-14,18H,4-7,9-11H2,(H,19,21)/t13-,14-/m0/s1. The Morgan fingerprint density at radius 2 is 2.12 bits per heavy atom. The maximum Gasteiger partial charge on any atom is 0.251 e. The Morgan fingerprint density at radius 3 is 2.80 bits per heavy atom. The number of carbonyl (C=O) groups excluding carboxylic acids is 1. The minimum Gasteiger partial charge on any atom is -0.350 e. The summed E-state index contributed by atoms with van der Waals surface area (Å²) in [6, 6.07) is 6.00. The lowest BCUT2D eigenvalue weighted by atomic mass is 10.2. The highest BCUT2D eigenvalue weighted by molar-refractivity contribution is 7.99. The first kappa shape index (κ1) is 18.6. The number of nitrogens with one attached hydrogen (secondary N) is 2. The summed E-state index contributed by atoms with van der Waals surface area (Å²) in [6.45, 7) is 1.60. The molecule has 0 saturated carbocycles. The van der Waals surface area contributed by atoms with E-state index in [1.807, 2.05) is 0 Å². The van der Waals surface area contributed by atoms with Crippen LogP contribution in [0, 0.1) is 0 Å². The van der Waals surface area contributed by atoms with Crippen LogP contribution in [0.1, 0.15) is 16.8 Å². The van der Waals surface area contributed by atoms with Gasteiger partial charge in [0, 0.05) is 49.3 Å². The van der Waals surface area contributed by atoms with Crippen LogP contribution in [0.4, 0.5) is 4.39 Å². The van der Waals surface area contributed by atoms with Crippen molar-refractivity contribution >= 4 is 27.7 Å². The average Bonchev–Trinajstić information content (AvgIpc) is 3.06. The lowest BCUT2D eigenvalue weighted by Gasteiger charge is -2.25. The molecule has 0 aromatic heterocycles. The third-order valence-electron chi connectivity index (χ3n) is 4.38. The molecule has 2 atom stereocenters. The molecule has 0 spiro atoms. The molecular formula is C16H22FN3O3S2. The van der Waals surface area contributed by atoms with E-state index in [0.717, 1.165) is 11.5 Å². The second-order valence-electron chi connectivity index (χ2n) is 6.19. The minimum absolute atomic E-state index is 0.0864. The monoisotopic (exact) mass is 387 g/mol. The van der Waals surface area contributed by atoms with Crippen LogP contribution in [0.25, 0.3) is 0 Å². The summed E-state index contributed by atoms with van der Waals surface area (Å²) in [7, 11) is -3.58. The summed E-state index contributed by atoms with van der Waals surface area (Å²) in [4.78, 5) is 12.4. The van der Waals surface area contributed by atoms with Crippen LogP contribution in [0.2, 0.25) is 0 Å². The number of nitrogens with zero attached hydrogens (tertiary/aromatic N) is 1. The third-order valence-corrected chi connectivity index (χ3v) is 7.22. The van der Waals surface area contributed by atoms with Gasteiger partial charge in [0.2, 0.25) is 10.0 Å². The number of carbonyl (C=O) groups is 1. The van der Waals surface area contributed by atoms with E-state index in [1.165, 1.54) is 16.4 Å². The van der Waals surface area contributed by atoms with E-state index in [4.69, 9.17) is 0 Å². The van der Waals surface area contributed by atoms with Gasteiger partial charge in [-0.3, -0.25) is 4.79 Å². The first-order valence-corrected chi connectivity index (χ1v) is 10.9. The molecule has 3 rings (SSSR count). The number of alkyl halides is 1. The molecule has 0 bridgehead atoms. The third kappa shape index (κ3) is 4.52. The Hall–Kier alpha value is -1.16. The molecule has 0 unspecified atom stereocenters. The molecule has 9 heteroatoms. The van der Waals surface area contributed by atoms with Crippen molar-refractivity contribution in [1.29, 1.82) is 0 Å². The van der Waals surface area contributed by atoms with Crippen molar-refractivity contribution in [1.82, 2.24) is 14.9 Å². The maximum absolute atomic E-state index is 13.1. The number of thioether (sulfide) groups is 1. The number of hydrogen-bond donors (Lipinski definition) is 2. The van der Waals surface area contributed by atoms with Crippen molar-refractivity contribution in [3.8, 4) is 0 Å². The molecular weight excluding hydrogens is 365 g/mol. The largest absolute Gasteiger partial charge is 0.350 e. The van der Waals surface area contributed by atoms with Crippen molar-refractivity contribution in [3.05, 3.63) is 29.8 Å². The molecule has 138 valence electrons. The number of rotatable bonds is 5. The van der Waals surface area contributed by atoms with Crippen molar-refractivity contribution in [3.63, 3.8) is 0 Å². The van der Waals surface area contributed by atoms with E-state index in [9.17, 15) is 17.6 Å². The summed E-state index contributed by atoms with van der Waals surface area (Å²) in [5, 5.41) is 5.74. The van der Waals surface area contributed by atoms with Crippen LogP contribution in [-0.2, 0) is 10.0 Å². The van der Waals surface area contributed by atoms with Gasteiger partial charge in [-0.05, 0) is 24.6 Å². The SMILES string of the molecule is O=C(NC[C@@H]1C[C@H](F)CN1)c1cccc(S(=O)(=O)N2CCSCC2)c1. The number of hydrogen-bond acceptors (Lipinski definition) is 5. The molecule has 2 aliphatic heterocycles. The predicted octanol–water partition coefficient (Wildman–Crippen LogP) is 0.854. The lowest BCUT2D eigenvalue weighted by Crippen LogP contribution is -2.38. The van der Waals surface area contributed by atoms with Crippen LogP contribution in [0.5, 0.6) is 0 Å². The first-order valence-electron chi connectivity index (χ1n) is 8.30. The molecule has 2 N–H and O–H groups in total. The van der Waals surface area contributed by atoms with Crippen molar-refractivity contribution in [2.24, 2.45) is 0 Å². The van der Waals surface area contributed by atoms with E-state index in [-0.39, 0.29) is 16.8 Å². The Labute approximate surface area is 151 Å². The maximum atomic E-state index is 13.1. The van der Waals surface area contributed by atoms with Gasteiger partial charge in [-0.15, -0.1) is 0 Å². The molecule has 6 nitrogen and oxygen atoms in total. The van der Waals surface area contributed by atoms with Gasteiger partial charge in [0.05, 0.1) is 4.90 Å². The molecule has 2 aliphatic rings. The molecule has 2 heterocycles. The van der Waals surface area contributed by atoms with Crippen molar-refractivity contribution in [2.75, 3.05) is 37.7 Å². The number of sulfonamides is 1. The van der Waals surface area contributed by atoms with E-state index in [1.54, 1.807) is 23.9 Å². The second-order valence-corrected chi connectivity index (χ2v) is 9.36. The highest BCUT2D eigenvalue weighted by Crippen LogP contribution is 2.21. The average molecular weight is 388 g/mol. The van der Waals surface area contributed by atoms with Crippen molar-refractivity contribution in [2.45, 2.75) is 23.5 Å². The van der Waals surface area contributed by atoms with Gasteiger partial charge in [-0.2, -0.15) is 16.1 Å². The van der Waals surface area contributed by atoms with Gasteiger partial charge >= 0.3 is 0 Å². The molecule has 2 fully saturated rings. The first-order chi connectivity index (χ1) is 12.0. The quantitative estimate of drug-likeness (QED) is 0.783. The Bertz CT molecular complexity index is 723. The van der Waals surface area contributed by atoms with Gasteiger partial charge in [0.25, 0.3) is 5.91 Å². The van der Waals surface area contributed by atoms with E-state index < -0.39 is 16.2 Å². The topological polar surface area (TPSA) is 78.5 Å². The number of amides is 1. The fourth-order valence-electron chi connectivity index (χ4n) is 2.98.